The van der Waals surface area contributed by atoms with Crippen molar-refractivity contribution >= 4 is 22.6 Å². The van der Waals surface area contributed by atoms with Crippen LogP contribution in [-0.2, 0) is 0 Å². The van der Waals surface area contributed by atoms with E-state index in [1.54, 1.807) is 48.7 Å². The highest BCUT2D eigenvalue weighted by atomic mass is 19.1. The molecular weight excluding hydrogens is 477 g/mol. The lowest BCUT2D eigenvalue weighted by Crippen LogP contribution is -2.31. The van der Waals surface area contributed by atoms with Crippen molar-refractivity contribution in [3.05, 3.63) is 78.2 Å². The van der Waals surface area contributed by atoms with Crippen molar-refractivity contribution in [2.45, 2.75) is 19.9 Å². The highest BCUT2D eigenvalue weighted by Crippen LogP contribution is 2.48. The molecule has 0 saturated carbocycles. The van der Waals surface area contributed by atoms with Crippen molar-refractivity contribution < 1.29 is 28.1 Å². The number of urea groups is 1. The molecule has 0 bridgehead atoms. The number of rotatable bonds is 7. The standard InChI is InChI=1S/C28H26FN3O5/c1-3-34-24-16-22-25(27-26(24)35-14-15-36-27)23(12-13-30-22)37-21-10-8-20(9-11-21)32-28(33)31-17(2)18-4-6-19(29)7-5-18/h4-13,16-17H,3,14-15H2,1-2H3,(H2,31,32,33)/t17-/m0/s1. The minimum Gasteiger partial charge on any atom is -0.490 e. The molecule has 37 heavy (non-hydrogen) atoms. The number of ether oxygens (including phenoxy) is 4. The smallest absolute Gasteiger partial charge is 0.319 e. The molecule has 1 aliphatic heterocycles. The number of nitrogens with zero attached hydrogens (tertiary/aromatic N) is 1. The van der Waals surface area contributed by atoms with E-state index in [9.17, 15) is 9.18 Å². The Morgan fingerprint density at radius 3 is 2.49 bits per heavy atom. The van der Waals surface area contributed by atoms with E-state index in [2.05, 4.69) is 15.6 Å². The topological polar surface area (TPSA) is 90.9 Å². The van der Waals surface area contributed by atoms with Crippen molar-refractivity contribution in [3.63, 3.8) is 0 Å². The Morgan fingerprint density at radius 2 is 1.76 bits per heavy atom. The van der Waals surface area contributed by atoms with Gasteiger partial charge in [-0.15, -0.1) is 0 Å². The second-order valence-corrected chi connectivity index (χ2v) is 8.36. The molecule has 2 N–H and O–H groups in total. The summed E-state index contributed by atoms with van der Waals surface area (Å²) in [4.78, 5) is 16.9. The van der Waals surface area contributed by atoms with Gasteiger partial charge in [0, 0.05) is 18.0 Å². The molecular formula is C28H26FN3O5. The summed E-state index contributed by atoms with van der Waals surface area (Å²) in [5.41, 5.74) is 2.05. The quantitative estimate of drug-likeness (QED) is 0.311. The number of carbonyl (C=O) groups excluding carboxylic acids is 1. The van der Waals surface area contributed by atoms with Gasteiger partial charge in [-0.25, -0.2) is 9.18 Å². The van der Waals surface area contributed by atoms with E-state index in [1.807, 2.05) is 19.9 Å². The van der Waals surface area contributed by atoms with Crippen LogP contribution in [0.5, 0.6) is 28.7 Å². The molecule has 2 heterocycles. The molecule has 0 unspecified atom stereocenters. The normalized spacial score (nSPS) is 13.1. The van der Waals surface area contributed by atoms with Gasteiger partial charge in [-0.3, -0.25) is 4.98 Å². The number of amides is 2. The third-order valence-corrected chi connectivity index (χ3v) is 5.80. The number of pyridine rings is 1. The first kappa shape index (κ1) is 24.2. The molecule has 4 aromatic rings. The lowest BCUT2D eigenvalue weighted by atomic mass is 10.1. The molecule has 1 aliphatic rings. The summed E-state index contributed by atoms with van der Waals surface area (Å²) in [6.07, 6.45) is 1.66. The highest BCUT2D eigenvalue weighted by molar-refractivity contribution is 5.95. The van der Waals surface area contributed by atoms with E-state index in [-0.39, 0.29) is 17.9 Å². The van der Waals surface area contributed by atoms with Crippen LogP contribution in [-0.4, -0.2) is 30.8 Å². The molecule has 0 aliphatic carbocycles. The number of nitrogens with one attached hydrogen (secondary N) is 2. The maximum absolute atomic E-state index is 13.1. The van der Waals surface area contributed by atoms with Gasteiger partial charge in [0.2, 0.25) is 5.75 Å². The van der Waals surface area contributed by atoms with E-state index >= 15 is 0 Å². The molecule has 5 rings (SSSR count). The Bertz CT molecular complexity index is 1410. The first-order chi connectivity index (χ1) is 18.0. The zero-order chi connectivity index (χ0) is 25.8. The van der Waals surface area contributed by atoms with Crippen LogP contribution < -0.4 is 29.6 Å². The van der Waals surface area contributed by atoms with Gasteiger partial charge in [-0.05, 0) is 61.9 Å². The predicted octanol–water partition coefficient (Wildman–Crippen LogP) is 6.22. The van der Waals surface area contributed by atoms with Crippen LogP contribution in [0.2, 0.25) is 0 Å². The summed E-state index contributed by atoms with van der Waals surface area (Å²) in [5.74, 6) is 2.47. The maximum Gasteiger partial charge on any atom is 0.319 e. The summed E-state index contributed by atoms with van der Waals surface area (Å²) >= 11 is 0. The maximum atomic E-state index is 13.1. The van der Waals surface area contributed by atoms with Crippen LogP contribution >= 0.6 is 0 Å². The number of anilines is 1. The van der Waals surface area contributed by atoms with Gasteiger partial charge in [0.25, 0.3) is 0 Å². The third-order valence-electron chi connectivity index (χ3n) is 5.80. The SMILES string of the molecule is CCOc1cc2nccc(Oc3ccc(NC(=O)N[C@@H](C)c4ccc(F)cc4)cc3)c2c2c1OCCO2. The minimum absolute atomic E-state index is 0.288. The van der Waals surface area contributed by atoms with Gasteiger partial charge in [-0.2, -0.15) is 0 Å². The van der Waals surface area contributed by atoms with E-state index in [0.29, 0.717) is 65.2 Å². The Hall–Kier alpha value is -4.53. The number of aromatic nitrogens is 1. The average molecular weight is 504 g/mol. The summed E-state index contributed by atoms with van der Waals surface area (Å²) in [6.45, 7) is 5.06. The van der Waals surface area contributed by atoms with Crippen LogP contribution in [0.25, 0.3) is 10.9 Å². The molecule has 1 aromatic heterocycles. The minimum atomic E-state index is -0.375. The van der Waals surface area contributed by atoms with Gasteiger partial charge in [0.1, 0.15) is 30.5 Å². The fourth-order valence-electron chi connectivity index (χ4n) is 4.05. The molecule has 8 nitrogen and oxygen atoms in total. The van der Waals surface area contributed by atoms with Gasteiger partial charge >= 0.3 is 6.03 Å². The molecule has 0 fully saturated rings. The molecule has 190 valence electrons. The zero-order valence-electron chi connectivity index (χ0n) is 20.4. The first-order valence-corrected chi connectivity index (χ1v) is 12.0. The molecule has 1 atom stereocenters. The number of fused-ring (bicyclic) bond motifs is 3. The predicted molar refractivity (Wildman–Crippen MR) is 137 cm³/mol. The largest absolute Gasteiger partial charge is 0.490 e. The van der Waals surface area contributed by atoms with Crippen molar-refractivity contribution in [2.24, 2.45) is 0 Å². The van der Waals surface area contributed by atoms with Gasteiger partial charge in [-0.1, -0.05) is 12.1 Å². The molecule has 0 spiro atoms. The van der Waals surface area contributed by atoms with E-state index in [0.717, 1.165) is 5.56 Å². The molecule has 0 saturated heterocycles. The molecule has 2 amide bonds. The van der Waals surface area contributed by atoms with E-state index in [1.165, 1.54) is 12.1 Å². The summed E-state index contributed by atoms with van der Waals surface area (Å²) < 4.78 is 36.8. The zero-order valence-corrected chi connectivity index (χ0v) is 20.4. The van der Waals surface area contributed by atoms with Crippen molar-refractivity contribution in [3.8, 4) is 28.7 Å². The Labute approximate surface area is 213 Å². The fourth-order valence-corrected chi connectivity index (χ4v) is 4.05. The summed E-state index contributed by atoms with van der Waals surface area (Å²) in [5, 5.41) is 6.32. The van der Waals surface area contributed by atoms with Gasteiger partial charge < -0.3 is 29.6 Å². The van der Waals surface area contributed by atoms with E-state index in [4.69, 9.17) is 18.9 Å². The van der Waals surface area contributed by atoms with Crippen molar-refractivity contribution in [1.29, 1.82) is 0 Å². The van der Waals surface area contributed by atoms with Gasteiger partial charge in [0.05, 0.1) is 23.6 Å². The Kier molecular flexibility index (Phi) is 6.93. The number of halogens is 1. The van der Waals surface area contributed by atoms with Crippen LogP contribution in [0.1, 0.15) is 25.5 Å². The summed E-state index contributed by atoms with van der Waals surface area (Å²) in [7, 11) is 0. The van der Waals surface area contributed by atoms with Crippen LogP contribution in [0, 0.1) is 5.82 Å². The highest BCUT2D eigenvalue weighted by Gasteiger charge is 2.24. The van der Waals surface area contributed by atoms with E-state index < -0.39 is 0 Å². The number of carbonyl (C=O) groups is 1. The molecule has 0 radical (unpaired) electrons. The second-order valence-electron chi connectivity index (χ2n) is 8.36. The Balaban J connectivity index is 1.30. The number of hydrogen-bond acceptors (Lipinski definition) is 6. The summed E-state index contributed by atoms with van der Waals surface area (Å²) in [6, 6.07) is 15.9. The lowest BCUT2D eigenvalue weighted by Gasteiger charge is -2.23. The molecule has 9 heteroatoms. The Morgan fingerprint density at radius 1 is 1.03 bits per heavy atom. The van der Waals surface area contributed by atoms with Crippen LogP contribution in [0.15, 0.2) is 66.9 Å². The lowest BCUT2D eigenvalue weighted by molar-refractivity contribution is 0.165. The van der Waals surface area contributed by atoms with Gasteiger partial charge in [0.15, 0.2) is 11.5 Å². The fraction of sp³-hybridized carbons (Fsp3) is 0.214. The van der Waals surface area contributed by atoms with Crippen molar-refractivity contribution in [2.75, 3.05) is 25.1 Å². The number of benzene rings is 3. The average Bonchev–Trinajstić information content (AvgIpc) is 2.90. The molecule has 3 aromatic carbocycles. The van der Waals surface area contributed by atoms with Crippen molar-refractivity contribution in [1.82, 2.24) is 10.3 Å². The first-order valence-electron chi connectivity index (χ1n) is 12.0. The van der Waals surface area contributed by atoms with Crippen LogP contribution in [0.3, 0.4) is 0 Å². The second kappa shape index (κ2) is 10.6. The monoisotopic (exact) mass is 503 g/mol. The number of hydrogen-bond donors (Lipinski definition) is 2. The van der Waals surface area contributed by atoms with Crippen LogP contribution in [0.4, 0.5) is 14.9 Å². The third kappa shape index (κ3) is 5.35.